The number of hydrogen-bond donors (Lipinski definition) is 0. The van der Waals surface area contributed by atoms with Crippen molar-refractivity contribution in [3.05, 3.63) is 34.8 Å². The molecule has 0 radical (unpaired) electrons. The van der Waals surface area contributed by atoms with Gasteiger partial charge < -0.3 is 4.42 Å². The zero-order chi connectivity index (χ0) is 19.2. The van der Waals surface area contributed by atoms with Crippen molar-refractivity contribution in [1.29, 1.82) is 0 Å². The van der Waals surface area contributed by atoms with Crippen LogP contribution in [0.1, 0.15) is 42.3 Å². The summed E-state index contributed by atoms with van der Waals surface area (Å²) in [5, 5.41) is 12.5. The SMILES string of the molecule is CCn1cc(S(=O)(=O)N2CCC[C@@H]2c2nnc(-c3ccc(C)s3)o2)c(C)n1. The summed E-state index contributed by atoms with van der Waals surface area (Å²) in [6.07, 6.45) is 3.00. The number of rotatable bonds is 5. The Hall–Kier alpha value is -2.04. The number of aromatic nitrogens is 4. The average molecular weight is 408 g/mol. The Morgan fingerprint density at radius 1 is 1.30 bits per heavy atom. The summed E-state index contributed by atoms with van der Waals surface area (Å²) in [4.78, 5) is 2.28. The Morgan fingerprint density at radius 2 is 2.11 bits per heavy atom. The van der Waals surface area contributed by atoms with Gasteiger partial charge >= 0.3 is 0 Å². The summed E-state index contributed by atoms with van der Waals surface area (Å²) < 4.78 is 35.4. The van der Waals surface area contributed by atoms with Crippen molar-refractivity contribution >= 4 is 21.4 Å². The molecular formula is C17H21N5O3S2. The normalized spacial score (nSPS) is 18.4. The number of aryl methyl sites for hydroxylation is 3. The van der Waals surface area contributed by atoms with Crippen LogP contribution >= 0.6 is 11.3 Å². The van der Waals surface area contributed by atoms with Crippen LogP contribution in [0, 0.1) is 13.8 Å². The highest BCUT2D eigenvalue weighted by Crippen LogP contribution is 2.38. The molecule has 0 N–H and O–H groups in total. The van der Waals surface area contributed by atoms with E-state index >= 15 is 0 Å². The first-order valence-electron chi connectivity index (χ1n) is 8.86. The molecule has 10 heteroatoms. The first-order valence-corrected chi connectivity index (χ1v) is 11.1. The molecule has 3 aromatic rings. The second-order valence-electron chi connectivity index (χ2n) is 6.56. The van der Waals surface area contributed by atoms with Crippen LogP contribution in [0.3, 0.4) is 0 Å². The maximum absolute atomic E-state index is 13.2. The highest BCUT2D eigenvalue weighted by molar-refractivity contribution is 7.89. The zero-order valence-electron chi connectivity index (χ0n) is 15.4. The largest absolute Gasteiger partial charge is 0.418 e. The van der Waals surface area contributed by atoms with Crippen LogP contribution in [0.25, 0.3) is 10.8 Å². The summed E-state index contributed by atoms with van der Waals surface area (Å²) in [5.74, 6) is 0.778. The van der Waals surface area contributed by atoms with E-state index in [4.69, 9.17) is 4.42 Å². The lowest BCUT2D eigenvalue weighted by Gasteiger charge is -2.20. The van der Waals surface area contributed by atoms with Gasteiger partial charge in [-0.3, -0.25) is 4.68 Å². The Morgan fingerprint density at radius 3 is 2.78 bits per heavy atom. The van der Waals surface area contributed by atoms with E-state index in [1.165, 1.54) is 4.31 Å². The van der Waals surface area contributed by atoms with Crippen molar-refractivity contribution in [2.24, 2.45) is 0 Å². The predicted molar refractivity (Wildman–Crippen MR) is 101 cm³/mol. The summed E-state index contributed by atoms with van der Waals surface area (Å²) >= 11 is 1.57. The van der Waals surface area contributed by atoms with Crippen LogP contribution < -0.4 is 0 Å². The van der Waals surface area contributed by atoms with Gasteiger partial charge in [-0.2, -0.15) is 9.40 Å². The van der Waals surface area contributed by atoms with Crippen LogP contribution in [-0.4, -0.2) is 39.2 Å². The minimum atomic E-state index is -3.68. The number of sulfonamides is 1. The standard InChI is InChI=1S/C17H21N5O3S2/c1-4-21-10-15(12(3)20-21)27(23,24)22-9-5-6-13(22)16-18-19-17(25-16)14-8-7-11(2)26-14/h7-8,10,13H,4-6,9H2,1-3H3/t13-/m1/s1. The predicted octanol–water partition coefficient (Wildman–Crippen LogP) is 3.16. The van der Waals surface area contributed by atoms with E-state index in [1.54, 1.807) is 29.1 Å². The van der Waals surface area contributed by atoms with Gasteiger partial charge in [-0.05, 0) is 45.7 Å². The minimum absolute atomic E-state index is 0.241. The van der Waals surface area contributed by atoms with E-state index in [9.17, 15) is 8.42 Å². The minimum Gasteiger partial charge on any atom is -0.418 e. The zero-order valence-corrected chi connectivity index (χ0v) is 17.0. The topological polar surface area (TPSA) is 94.1 Å². The highest BCUT2D eigenvalue weighted by atomic mass is 32.2. The number of thiophene rings is 1. The van der Waals surface area contributed by atoms with E-state index in [1.807, 2.05) is 26.0 Å². The molecule has 0 aromatic carbocycles. The van der Waals surface area contributed by atoms with Crippen LogP contribution in [0.15, 0.2) is 27.6 Å². The maximum Gasteiger partial charge on any atom is 0.257 e. The first kappa shape index (κ1) is 18.3. The van der Waals surface area contributed by atoms with Crippen LogP contribution in [-0.2, 0) is 16.6 Å². The molecule has 0 aliphatic carbocycles. The Balaban J connectivity index is 1.66. The van der Waals surface area contributed by atoms with Crippen molar-refractivity contribution in [2.45, 2.75) is 51.1 Å². The summed E-state index contributed by atoms with van der Waals surface area (Å²) in [6, 6.07) is 3.48. The van der Waals surface area contributed by atoms with Gasteiger partial charge in [0.2, 0.25) is 15.9 Å². The fourth-order valence-electron chi connectivity index (χ4n) is 3.33. The van der Waals surface area contributed by atoms with E-state index in [-0.39, 0.29) is 4.90 Å². The fraction of sp³-hybridized carbons (Fsp3) is 0.471. The third-order valence-corrected chi connectivity index (χ3v) is 7.69. The molecule has 1 saturated heterocycles. The molecule has 1 atom stereocenters. The lowest BCUT2D eigenvalue weighted by atomic mass is 10.2. The van der Waals surface area contributed by atoms with Crippen LogP contribution in [0.2, 0.25) is 0 Å². The summed E-state index contributed by atoms with van der Waals surface area (Å²) in [7, 11) is -3.68. The molecule has 1 aliphatic rings. The second kappa shape index (κ2) is 6.84. The molecule has 4 heterocycles. The highest BCUT2D eigenvalue weighted by Gasteiger charge is 2.40. The van der Waals surface area contributed by atoms with Crippen LogP contribution in [0.5, 0.6) is 0 Å². The lowest BCUT2D eigenvalue weighted by molar-refractivity contribution is 0.332. The van der Waals surface area contributed by atoms with Crippen molar-refractivity contribution < 1.29 is 12.8 Å². The molecule has 1 aliphatic heterocycles. The quantitative estimate of drug-likeness (QED) is 0.645. The third kappa shape index (κ3) is 3.21. The van der Waals surface area contributed by atoms with Gasteiger partial charge in [-0.15, -0.1) is 21.5 Å². The van der Waals surface area contributed by atoms with Gasteiger partial charge in [0.15, 0.2) is 0 Å². The maximum atomic E-state index is 13.2. The molecule has 4 rings (SSSR count). The molecule has 144 valence electrons. The van der Waals surface area contributed by atoms with E-state index < -0.39 is 16.1 Å². The van der Waals surface area contributed by atoms with Crippen molar-refractivity contribution in [2.75, 3.05) is 6.54 Å². The molecule has 8 nitrogen and oxygen atoms in total. The van der Waals surface area contributed by atoms with Gasteiger partial charge in [0.1, 0.15) is 10.9 Å². The smallest absolute Gasteiger partial charge is 0.257 e. The summed E-state index contributed by atoms with van der Waals surface area (Å²) in [6.45, 7) is 6.70. The van der Waals surface area contributed by atoms with E-state index in [0.717, 1.165) is 16.2 Å². The molecule has 27 heavy (non-hydrogen) atoms. The van der Waals surface area contributed by atoms with Gasteiger partial charge in [0, 0.05) is 24.2 Å². The molecule has 0 unspecified atom stereocenters. The number of hydrogen-bond acceptors (Lipinski definition) is 7. The third-order valence-electron chi connectivity index (χ3n) is 4.69. The van der Waals surface area contributed by atoms with Gasteiger partial charge in [0.25, 0.3) is 5.89 Å². The molecule has 1 fully saturated rings. The first-order chi connectivity index (χ1) is 12.9. The average Bonchev–Trinajstić information content (AvgIpc) is 3.40. The molecule has 0 spiro atoms. The molecule has 0 saturated carbocycles. The Bertz CT molecular complexity index is 1070. The van der Waals surface area contributed by atoms with Crippen molar-refractivity contribution in [3.8, 4) is 10.8 Å². The van der Waals surface area contributed by atoms with Gasteiger partial charge in [-0.25, -0.2) is 8.42 Å². The second-order valence-corrected chi connectivity index (χ2v) is 9.71. The van der Waals surface area contributed by atoms with E-state index in [2.05, 4.69) is 15.3 Å². The molecule has 3 aromatic heterocycles. The Labute approximate surface area is 161 Å². The lowest BCUT2D eigenvalue weighted by Crippen LogP contribution is -2.31. The molecule has 0 bridgehead atoms. The van der Waals surface area contributed by atoms with Crippen molar-refractivity contribution in [3.63, 3.8) is 0 Å². The van der Waals surface area contributed by atoms with E-state index in [0.29, 0.717) is 37.0 Å². The summed E-state index contributed by atoms with van der Waals surface area (Å²) in [5.41, 5.74) is 0.503. The monoisotopic (exact) mass is 407 g/mol. The number of nitrogens with zero attached hydrogens (tertiary/aromatic N) is 5. The van der Waals surface area contributed by atoms with Crippen LogP contribution in [0.4, 0.5) is 0 Å². The Kier molecular flexibility index (Phi) is 4.65. The van der Waals surface area contributed by atoms with Gasteiger partial charge in [-0.1, -0.05) is 0 Å². The molecule has 0 amide bonds. The molecular weight excluding hydrogens is 386 g/mol. The van der Waals surface area contributed by atoms with Gasteiger partial charge in [0.05, 0.1) is 10.6 Å². The fourth-order valence-corrected chi connectivity index (χ4v) is 5.94. The van der Waals surface area contributed by atoms with Crippen molar-refractivity contribution in [1.82, 2.24) is 24.3 Å².